The normalized spacial score (nSPS) is 13.2. The smallest absolute Gasteiger partial charge is 0.257 e. The van der Waals surface area contributed by atoms with Crippen molar-refractivity contribution in [3.05, 3.63) is 200 Å². The van der Waals surface area contributed by atoms with Gasteiger partial charge in [0, 0.05) is 39.3 Å². The molecular weight excluding hydrogens is 751 g/mol. The summed E-state index contributed by atoms with van der Waals surface area (Å²) in [6, 6.07) is 72.1. The summed E-state index contributed by atoms with van der Waals surface area (Å²) in [5, 5.41) is 16.4. The SMILES string of the molecule is CCc1ccc2oc3c(c2c1)B1c2ccccc2N(c2ccc4c5ccccc5c5ccccc5c4c2)c2cccc(c21)N3c1ccc2c3ccccc3c3ccccc3c2c1. The maximum Gasteiger partial charge on any atom is 0.257 e. The molecule has 2 aliphatic rings. The molecule has 0 fully saturated rings. The highest BCUT2D eigenvalue weighted by Crippen LogP contribution is 2.48. The summed E-state index contributed by atoms with van der Waals surface area (Å²) in [6.45, 7) is 2.20. The highest BCUT2D eigenvalue weighted by atomic mass is 16.4. The van der Waals surface area contributed by atoms with Crippen LogP contribution in [-0.2, 0) is 6.42 Å². The average molecular weight is 789 g/mol. The molecule has 0 spiro atoms. The van der Waals surface area contributed by atoms with Gasteiger partial charge in [-0.1, -0.05) is 146 Å². The predicted octanol–water partition coefficient (Wildman–Crippen LogP) is 14.0. The van der Waals surface area contributed by atoms with Crippen molar-refractivity contribution in [3.63, 3.8) is 0 Å². The molecule has 11 aromatic carbocycles. The van der Waals surface area contributed by atoms with Crippen molar-refractivity contribution >= 4 is 133 Å². The maximum absolute atomic E-state index is 7.14. The lowest BCUT2D eigenvalue weighted by Crippen LogP contribution is -2.61. The van der Waals surface area contributed by atoms with Gasteiger partial charge in [-0.2, -0.15) is 0 Å². The lowest BCUT2D eigenvalue weighted by Gasteiger charge is -2.42. The van der Waals surface area contributed by atoms with E-state index in [1.54, 1.807) is 0 Å². The third-order valence-electron chi connectivity index (χ3n) is 14.0. The number of furan rings is 1. The van der Waals surface area contributed by atoms with Gasteiger partial charge in [-0.3, -0.25) is 4.90 Å². The Bertz CT molecular complexity index is 3830. The van der Waals surface area contributed by atoms with Gasteiger partial charge in [0.05, 0.1) is 0 Å². The van der Waals surface area contributed by atoms with Crippen LogP contribution in [0.2, 0.25) is 0 Å². The van der Waals surface area contributed by atoms with E-state index in [1.165, 1.54) is 103 Å². The summed E-state index contributed by atoms with van der Waals surface area (Å²) in [4.78, 5) is 4.92. The number of rotatable bonds is 3. The quantitative estimate of drug-likeness (QED) is 0.131. The Morgan fingerprint density at radius 3 is 1.37 bits per heavy atom. The van der Waals surface area contributed by atoms with E-state index < -0.39 is 0 Å². The van der Waals surface area contributed by atoms with Gasteiger partial charge in [-0.05, 0) is 142 Å². The van der Waals surface area contributed by atoms with Gasteiger partial charge in [0.1, 0.15) is 5.58 Å². The molecule has 12 aromatic rings. The first-order valence-corrected chi connectivity index (χ1v) is 21.8. The second-order valence-electron chi connectivity index (χ2n) is 17.0. The zero-order chi connectivity index (χ0) is 40.6. The van der Waals surface area contributed by atoms with Gasteiger partial charge in [-0.15, -0.1) is 0 Å². The summed E-state index contributed by atoms with van der Waals surface area (Å²) >= 11 is 0. The van der Waals surface area contributed by atoms with Crippen LogP contribution in [0.25, 0.3) is 75.6 Å². The molecule has 0 saturated heterocycles. The zero-order valence-corrected chi connectivity index (χ0v) is 34.1. The van der Waals surface area contributed by atoms with Crippen molar-refractivity contribution < 1.29 is 4.42 Å². The zero-order valence-electron chi connectivity index (χ0n) is 34.1. The summed E-state index contributed by atoms with van der Waals surface area (Å²) in [5.74, 6) is 0.889. The predicted molar refractivity (Wildman–Crippen MR) is 265 cm³/mol. The first kappa shape index (κ1) is 34.0. The van der Waals surface area contributed by atoms with E-state index in [1.807, 2.05) is 0 Å². The topological polar surface area (TPSA) is 19.6 Å². The number of hydrogen-bond acceptors (Lipinski definition) is 3. The Morgan fingerprint density at radius 1 is 0.371 bits per heavy atom. The van der Waals surface area contributed by atoms with Gasteiger partial charge in [0.25, 0.3) is 6.71 Å². The number of anilines is 6. The Labute approximate surface area is 358 Å². The standard InChI is InChI=1S/C58H37BN2O/c1-2-35-26-31-55-50(32-35)56-58(62-55)61(37-28-30-47-43-19-6-4-15-39(43)41-17-8-10-21-45(41)49(47)34-37)54-25-13-24-53-57(54)59(56)51-22-11-12-23-52(51)60(53)36-27-29-46-42-18-5-3-14-38(42)40-16-7-9-20-44(40)48(46)33-36/h3-34H,2H2,1H3. The van der Waals surface area contributed by atoms with Crippen LogP contribution in [-0.4, -0.2) is 6.71 Å². The van der Waals surface area contributed by atoms with Gasteiger partial charge >= 0.3 is 0 Å². The summed E-state index contributed by atoms with van der Waals surface area (Å²) in [6.07, 6.45) is 0.952. The van der Waals surface area contributed by atoms with Gasteiger partial charge < -0.3 is 9.32 Å². The average Bonchev–Trinajstić information content (AvgIpc) is 3.72. The lowest BCUT2D eigenvalue weighted by atomic mass is 9.33. The summed E-state index contributed by atoms with van der Waals surface area (Å²) in [7, 11) is 0. The largest absolute Gasteiger partial charge is 0.440 e. The molecule has 0 N–H and O–H groups in total. The minimum atomic E-state index is -0.0382. The van der Waals surface area contributed by atoms with E-state index in [-0.39, 0.29) is 6.71 Å². The Kier molecular flexibility index (Phi) is 6.90. The number of benzene rings is 11. The molecule has 0 amide bonds. The van der Waals surface area contributed by atoms with Crippen molar-refractivity contribution in [1.29, 1.82) is 0 Å². The highest BCUT2D eigenvalue weighted by molar-refractivity contribution is 7.01. The fourth-order valence-corrected chi connectivity index (χ4v) is 11.3. The molecule has 288 valence electrons. The Hall–Kier alpha value is -7.82. The first-order valence-electron chi connectivity index (χ1n) is 21.8. The van der Waals surface area contributed by atoms with E-state index >= 15 is 0 Å². The van der Waals surface area contributed by atoms with Crippen LogP contribution >= 0.6 is 0 Å². The Balaban J connectivity index is 1.06. The van der Waals surface area contributed by atoms with Gasteiger partial charge in [0.2, 0.25) is 5.88 Å². The molecule has 0 bridgehead atoms. The molecule has 3 heterocycles. The monoisotopic (exact) mass is 788 g/mol. The molecule has 0 unspecified atom stereocenters. The molecule has 0 saturated carbocycles. The molecule has 0 radical (unpaired) electrons. The van der Waals surface area contributed by atoms with Gasteiger partial charge in [-0.25, -0.2) is 0 Å². The number of aryl methyl sites for hydroxylation is 1. The van der Waals surface area contributed by atoms with Crippen LogP contribution in [0.1, 0.15) is 12.5 Å². The third kappa shape index (κ3) is 4.51. The van der Waals surface area contributed by atoms with Crippen molar-refractivity contribution in [3.8, 4) is 0 Å². The van der Waals surface area contributed by atoms with E-state index in [9.17, 15) is 0 Å². The molecule has 3 nitrogen and oxygen atoms in total. The van der Waals surface area contributed by atoms with Crippen LogP contribution in [0.5, 0.6) is 0 Å². The second-order valence-corrected chi connectivity index (χ2v) is 17.0. The second kappa shape index (κ2) is 12.6. The van der Waals surface area contributed by atoms with Crippen LogP contribution in [0.15, 0.2) is 199 Å². The molecule has 2 aliphatic heterocycles. The Morgan fingerprint density at radius 2 is 0.823 bits per heavy atom. The first-order chi connectivity index (χ1) is 30.7. The molecule has 0 aliphatic carbocycles. The molecule has 4 heteroatoms. The van der Waals surface area contributed by atoms with Crippen LogP contribution in [0, 0.1) is 0 Å². The van der Waals surface area contributed by atoms with E-state index in [2.05, 4.69) is 211 Å². The van der Waals surface area contributed by atoms with Crippen LogP contribution in [0.4, 0.5) is 34.3 Å². The molecule has 62 heavy (non-hydrogen) atoms. The molecule has 0 atom stereocenters. The summed E-state index contributed by atoms with van der Waals surface area (Å²) < 4.78 is 7.14. The third-order valence-corrected chi connectivity index (χ3v) is 14.0. The molecule has 14 rings (SSSR count). The lowest BCUT2D eigenvalue weighted by molar-refractivity contribution is 0.622. The van der Waals surface area contributed by atoms with Crippen molar-refractivity contribution in [2.45, 2.75) is 13.3 Å². The minimum Gasteiger partial charge on any atom is -0.440 e. The minimum absolute atomic E-state index is 0.0382. The van der Waals surface area contributed by atoms with Crippen LogP contribution in [0.3, 0.4) is 0 Å². The van der Waals surface area contributed by atoms with E-state index in [4.69, 9.17) is 4.42 Å². The van der Waals surface area contributed by atoms with Crippen LogP contribution < -0.4 is 26.2 Å². The fourth-order valence-electron chi connectivity index (χ4n) is 11.3. The number of hydrogen-bond donors (Lipinski definition) is 0. The van der Waals surface area contributed by atoms with Crippen molar-refractivity contribution in [1.82, 2.24) is 0 Å². The number of nitrogens with zero attached hydrogens (tertiary/aromatic N) is 2. The highest BCUT2D eigenvalue weighted by Gasteiger charge is 2.46. The number of fused-ring (bicyclic) bond motifs is 18. The molecule has 1 aromatic heterocycles. The van der Waals surface area contributed by atoms with Crippen molar-refractivity contribution in [2.24, 2.45) is 0 Å². The number of para-hydroxylation sites is 1. The molecular formula is C58H37BN2O. The fraction of sp³-hybridized carbons (Fsp3) is 0.0345. The van der Waals surface area contributed by atoms with E-state index in [0.29, 0.717) is 0 Å². The summed E-state index contributed by atoms with van der Waals surface area (Å²) in [5.41, 5.74) is 11.7. The maximum atomic E-state index is 7.14. The van der Waals surface area contributed by atoms with Gasteiger partial charge in [0.15, 0.2) is 0 Å². The van der Waals surface area contributed by atoms with E-state index in [0.717, 1.165) is 35.0 Å². The van der Waals surface area contributed by atoms with Crippen molar-refractivity contribution in [2.75, 3.05) is 9.80 Å².